The van der Waals surface area contributed by atoms with Gasteiger partial charge in [0.25, 0.3) is 0 Å². The summed E-state index contributed by atoms with van der Waals surface area (Å²) in [6.07, 6.45) is 0. The minimum Gasteiger partial charge on any atom is -0.423 e. The summed E-state index contributed by atoms with van der Waals surface area (Å²) in [4.78, 5) is 1.61. The van der Waals surface area contributed by atoms with Crippen molar-refractivity contribution in [3.8, 4) is 11.1 Å². The van der Waals surface area contributed by atoms with Crippen LogP contribution in [0.5, 0.6) is 0 Å². The summed E-state index contributed by atoms with van der Waals surface area (Å²) in [5.74, 6) is 0. The Bertz CT molecular complexity index is 2070. The lowest BCUT2D eigenvalue weighted by molar-refractivity contribution is 0.426. The quantitative estimate of drug-likeness (QED) is 0.271. The zero-order chi connectivity index (χ0) is 31.4. The van der Waals surface area contributed by atoms with E-state index in [0.717, 1.165) is 21.5 Å². The zero-order valence-corrected chi connectivity index (χ0v) is 19.0. The summed E-state index contributed by atoms with van der Waals surface area (Å²) >= 11 is 0. The van der Waals surface area contributed by atoms with Gasteiger partial charge in [0.2, 0.25) is 0 Å². The van der Waals surface area contributed by atoms with E-state index in [2.05, 4.69) is 0 Å². The number of hydrogen-bond donors (Lipinski definition) is 2. The first-order chi connectivity index (χ1) is 20.9. The summed E-state index contributed by atoms with van der Waals surface area (Å²) < 4.78 is 66.6. The largest absolute Gasteiger partial charge is 0.488 e. The third-order valence-corrected chi connectivity index (χ3v) is 6.09. The standard InChI is InChI=1S/C32H24BNO2/c35-33(36)29-16-13-28-22-32(18-15-26(28)20-29)34(30-9-5-2-6-10-30)31-17-14-25-19-24(11-12-27(25)21-31)23-7-3-1-4-8-23/h1-22,35-36H/i1D,2D,5D,6D,7D,8D,9D,10D. The Balaban J connectivity index is 1.55. The minimum absolute atomic E-state index is 0.0260. The third-order valence-electron chi connectivity index (χ3n) is 6.09. The fourth-order valence-corrected chi connectivity index (χ4v) is 4.32. The van der Waals surface area contributed by atoms with Gasteiger partial charge in [0, 0.05) is 17.1 Å². The van der Waals surface area contributed by atoms with Crippen molar-refractivity contribution in [1.29, 1.82) is 0 Å². The Morgan fingerprint density at radius 2 is 1.11 bits per heavy atom. The molecule has 0 heterocycles. The lowest BCUT2D eigenvalue weighted by Gasteiger charge is -2.26. The highest BCUT2D eigenvalue weighted by atomic mass is 16.4. The predicted molar refractivity (Wildman–Crippen MR) is 151 cm³/mol. The van der Waals surface area contributed by atoms with E-state index in [9.17, 15) is 10.0 Å². The SMILES string of the molecule is [2H]c1cc([2H])c(-c2ccc3cc(N(c4ccc5cc(B(O)O)ccc5c4)c4c([2H])c([2H])c([2H])c([2H])c4[2H])ccc3c2)c([2H])c1. The maximum absolute atomic E-state index is 9.59. The number of para-hydroxylation sites is 1. The summed E-state index contributed by atoms with van der Waals surface area (Å²) in [6, 6.07) is 22.1. The van der Waals surface area contributed by atoms with Gasteiger partial charge in [0.1, 0.15) is 0 Å². The van der Waals surface area contributed by atoms with Gasteiger partial charge >= 0.3 is 7.12 Å². The molecule has 0 bridgehead atoms. The molecule has 2 N–H and O–H groups in total. The molecule has 36 heavy (non-hydrogen) atoms. The smallest absolute Gasteiger partial charge is 0.423 e. The van der Waals surface area contributed by atoms with Crippen molar-refractivity contribution in [3.05, 3.63) is 133 Å². The first-order valence-corrected chi connectivity index (χ1v) is 11.3. The highest BCUT2D eigenvalue weighted by molar-refractivity contribution is 6.58. The second kappa shape index (κ2) is 9.35. The molecule has 4 heteroatoms. The Morgan fingerprint density at radius 3 is 1.78 bits per heavy atom. The van der Waals surface area contributed by atoms with Gasteiger partial charge in [-0.15, -0.1) is 0 Å². The summed E-state index contributed by atoms with van der Waals surface area (Å²) in [7, 11) is -1.63. The highest BCUT2D eigenvalue weighted by Gasteiger charge is 2.15. The molecule has 3 nitrogen and oxygen atoms in total. The van der Waals surface area contributed by atoms with E-state index in [1.807, 2.05) is 24.3 Å². The van der Waals surface area contributed by atoms with Gasteiger partial charge in [-0.3, -0.25) is 0 Å². The monoisotopic (exact) mass is 473 g/mol. The molecule has 6 rings (SSSR count). The Kier molecular flexibility index (Phi) is 3.87. The summed E-state index contributed by atoms with van der Waals surface area (Å²) in [5.41, 5.74) is 2.43. The molecule has 0 unspecified atom stereocenters. The third kappa shape index (κ3) is 4.24. The van der Waals surface area contributed by atoms with Crippen LogP contribution in [0.15, 0.2) is 133 Å². The van der Waals surface area contributed by atoms with Crippen LogP contribution >= 0.6 is 0 Å². The number of rotatable bonds is 5. The molecule has 172 valence electrons. The number of benzene rings is 6. The van der Waals surface area contributed by atoms with Crippen molar-refractivity contribution < 1.29 is 21.0 Å². The van der Waals surface area contributed by atoms with Gasteiger partial charge in [0.15, 0.2) is 0 Å². The van der Waals surface area contributed by atoms with Crippen LogP contribution in [0.3, 0.4) is 0 Å². The number of fused-ring (bicyclic) bond motifs is 2. The van der Waals surface area contributed by atoms with E-state index in [1.54, 1.807) is 53.4 Å². The fraction of sp³-hybridized carbons (Fsp3) is 0. The van der Waals surface area contributed by atoms with Gasteiger partial charge < -0.3 is 14.9 Å². The fourth-order valence-electron chi connectivity index (χ4n) is 4.32. The van der Waals surface area contributed by atoms with Gasteiger partial charge in [-0.2, -0.15) is 0 Å². The van der Waals surface area contributed by atoms with E-state index >= 15 is 0 Å². The van der Waals surface area contributed by atoms with E-state index in [4.69, 9.17) is 11.0 Å². The molecule has 0 aliphatic carbocycles. The highest BCUT2D eigenvalue weighted by Crippen LogP contribution is 2.37. The Hall–Kier alpha value is -4.38. The van der Waals surface area contributed by atoms with Gasteiger partial charge in [-0.05, 0) is 80.6 Å². The molecule has 0 saturated heterocycles. The average molecular weight is 473 g/mol. The van der Waals surface area contributed by atoms with Crippen molar-refractivity contribution in [2.75, 3.05) is 4.90 Å². The number of hydrogen-bond acceptors (Lipinski definition) is 3. The molecule has 0 aromatic heterocycles. The lowest BCUT2D eigenvalue weighted by atomic mass is 9.79. The zero-order valence-electron chi connectivity index (χ0n) is 27.0. The van der Waals surface area contributed by atoms with E-state index in [0.29, 0.717) is 28.0 Å². The maximum Gasteiger partial charge on any atom is 0.488 e. The molecule has 6 aromatic carbocycles. The van der Waals surface area contributed by atoms with E-state index in [1.165, 1.54) is 12.1 Å². The minimum atomic E-state index is -1.63. The Morgan fingerprint density at radius 1 is 0.528 bits per heavy atom. The van der Waals surface area contributed by atoms with Crippen LogP contribution in [-0.4, -0.2) is 17.2 Å². The van der Waals surface area contributed by atoms with Crippen molar-refractivity contribution in [1.82, 2.24) is 0 Å². The lowest BCUT2D eigenvalue weighted by Crippen LogP contribution is -2.29. The number of nitrogens with zero attached hydrogens (tertiary/aromatic N) is 1. The predicted octanol–water partition coefficient (Wildman–Crippen LogP) is 6.81. The van der Waals surface area contributed by atoms with Crippen LogP contribution in [0.25, 0.3) is 32.7 Å². The van der Waals surface area contributed by atoms with Crippen LogP contribution in [0, 0.1) is 0 Å². The molecule has 6 aromatic rings. The van der Waals surface area contributed by atoms with E-state index in [-0.39, 0.29) is 35.9 Å². The van der Waals surface area contributed by atoms with E-state index < -0.39 is 25.2 Å². The first kappa shape index (κ1) is 14.9. The molecule has 0 spiro atoms. The van der Waals surface area contributed by atoms with Crippen LogP contribution in [0.1, 0.15) is 11.0 Å². The van der Waals surface area contributed by atoms with Crippen molar-refractivity contribution in [2.45, 2.75) is 0 Å². The average Bonchev–Trinajstić information content (AvgIpc) is 3.00. The summed E-state index contributed by atoms with van der Waals surface area (Å²) in [6.45, 7) is 0. The van der Waals surface area contributed by atoms with Crippen LogP contribution in [0.2, 0.25) is 0 Å². The van der Waals surface area contributed by atoms with Gasteiger partial charge in [-0.1, -0.05) is 90.9 Å². The van der Waals surface area contributed by atoms with Crippen molar-refractivity contribution >= 4 is 51.2 Å². The molecule has 0 fully saturated rings. The topological polar surface area (TPSA) is 43.7 Å². The summed E-state index contributed by atoms with van der Waals surface area (Å²) in [5, 5.41) is 22.2. The Labute approximate surface area is 221 Å². The van der Waals surface area contributed by atoms with Crippen LogP contribution < -0.4 is 10.4 Å². The maximum atomic E-state index is 9.59. The van der Waals surface area contributed by atoms with Gasteiger partial charge in [-0.25, -0.2) is 0 Å². The molecular weight excluding hydrogens is 441 g/mol. The normalized spacial score (nSPS) is 14.2. The van der Waals surface area contributed by atoms with Gasteiger partial charge in [0.05, 0.1) is 11.0 Å². The number of anilines is 3. The first-order valence-electron chi connectivity index (χ1n) is 15.3. The molecular formula is C32H24BNO2. The molecule has 0 amide bonds. The second-order valence-electron chi connectivity index (χ2n) is 8.34. The second-order valence-corrected chi connectivity index (χ2v) is 8.34. The molecule has 0 atom stereocenters. The molecule has 0 aliphatic rings. The van der Waals surface area contributed by atoms with Crippen molar-refractivity contribution in [2.24, 2.45) is 0 Å². The van der Waals surface area contributed by atoms with Crippen LogP contribution in [-0.2, 0) is 0 Å². The molecule has 0 aliphatic heterocycles. The van der Waals surface area contributed by atoms with Crippen molar-refractivity contribution in [3.63, 3.8) is 0 Å². The molecule has 0 radical (unpaired) electrons. The van der Waals surface area contributed by atoms with Crippen LogP contribution in [0.4, 0.5) is 17.1 Å². The molecule has 0 saturated carbocycles.